The second kappa shape index (κ2) is 8.90. The second-order valence-electron chi connectivity index (χ2n) is 6.27. The van der Waals surface area contributed by atoms with Gasteiger partial charge in [-0.15, -0.1) is 0 Å². The predicted octanol–water partition coefficient (Wildman–Crippen LogP) is 3.13. The summed E-state index contributed by atoms with van der Waals surface area (Å²) < 4.78 is 34.0. The minimum Gasteiger partial charge on any atom is -0.497 e. The van der Waals surface area contributed by atoms with E-state index < -0.39 is 15.9 Å². The van der Waals surface area contributed by atoms with Crippen molar-refractivity contribution in [3.05, 3.63) is 54.1 Å². The molecule has 0 saturated heterocycles. The predicted molar refractivity (Wildman–Crippen MR) is 104 cm³/mol. The van der Waals surface area contributed by atoms with Crippen LogP contribution in [0.3, 0.4) is 0 Å². The molecule has 0 bridgehead atoms. The molecular weight excluding hydrogens is 366 g/mol. The monoisotopic (exact) mass is 391 g/mol. The molecule has 1 amide bonds. The van der Waals surface area contributed by atoms with Crippen molar-refractivity contribution in [1.29, 1.82) is 0 Å². The molecule has 0 fully saturated rings. The summed E-state index contributed by atoms with van der Waals surface area (Å²) in [4.78, 5) is 12.8. The highest BCUT2D eigenvalue weighted by Crippen LogP contribution is 2.21. The number of nitrogens with one attached hydrogen (secondary N) is 1. The Hall–Kier alpha value is -2.54. The third kappa shape index (κ3) is 5.72. The van der Waals surface area contributed by atoms with E-state index in [4.69, 9.17) is 9.47 Å². The summed E-state index contributed by atoms with van der Waals surface area (Å²) in [5, 5.41) is 2.91. The number of hydrogen-bond acceptors (Lipinski definition) is 5. The largest absolute Gasteiger partial charge is 0.497 e. The highest BCUT2D eigenvalue weighted by Gasteiger charge is 2.21. The smallest absolute Gasteiger partial charge is 0.261 e. The molecule has 0 spiro atoms. The Morgan fingerprint density at radius 2 is 1.74 bits per heavy atom. The van der Waals surface area contributed by atoms with Crippen molar-refractivity contribution in [3.63, 3.8) is 0 Å². The Kier molecular flexibility index (Phi) is 6.85. The van der Waals surface area contributed by atoms with Gasteiger partial charge in [0, 0.05) is 12.3 Å². The minimum atomic E-state index is -3.24. The number of carbonyl (C=O) groups is 1. The molecule has 0 heterocycles. The first-order valence-electron chi connectivity index (χ1n) is 8.65. The molecule has 0 unspecified atom stereocenters. The molecule has 2 atom stereocenters. The van der Waals surface area contributed by atoms with Crippen LogP contribution in [0.1, 0.15) is 31.9 Å². The number of amides is 1. The molecule has 146 valence electrons. The first kappa shape index (κ1) is 20.8. The van der Waals surface area contributed by atoms with Gasteiger partial charge in [0.2, 0.25) is 0 Å². The lowest BCUT2D eigenvalue weighted by Gasteiger charge is -2.21. The molecule has 1 N–H and O–H groups in total. The van der Waals surface area contributed by atoms with Gasteiger partial charge in [0.1, 0.15) is 11.5 Å². The van der Waals surface area contributed by atoms with Gasteiger partial charge in [-0.25, -0.2) is 8.42 Å². The van der Waals surface area contributed by atoms with E-state index in [2.05, 4.69) is 5.32 Å². The number of benzene rings is 2. The van der Waals surface area contributed by atoms with Gasteiger partial charge in [0.05, 0.1) is 18.0 Å². The van der Waals surface area contributed by atoms with Crippen molar-refractivity contribution in [2.24, 2.45) is 0 Å². The fraction of sp³-hybridized carbons (Fsp3) is 0.350. The van der Waals surface area contributed by atoms with Crippen LogP contribution in [-0.2, 0) is 14.6 Å². The van der Waals surface area contributed by atoms with Gasteiger partial charge in [-0.2, -0.15) is 0 Å². The van der Waals surface area contributed by atoms with Gasteiger partial charge in [0.15, 0.2) is 15.9 Å². The Morgan fingerprint density at radius 3 is 2.30 bits per heavy atom. The molecule has 6 nitrogen and oxygen atoms in total. The van der Waals surface area contributed by atoms with Crippen molar-refractivity contribution in [2.75, 3.05) is 13.4 Å². The van der Waals surface area contributed by atoms with E-state index in [0.717, 1.165) is 11.8 Å². The van der Waals surface area contributed by atoms with E-state index in [1.54, 1.807) is 43.5 Å². The maximum Gasteiger partial charge on any atom is 0.261 e. The summed E-state index contributed by atoms with van der Waals surface area (Å²) in [5.41, 5.74) is 0.812. The van der Waals surface area contributed by atoms with Gasteiger partial charge >= 0.3 is 0 Å². The van der Waals surface area contributed by atoms with E-state index in [-0.39, 0.29) is 16.8 Å². The summed E-state index contributed by atoms with van der Waals surface area (Å²) in [5.74, 6) is 0.976. The molecule has 0 aliphatic rings. The lowest BCUT2D eigenvalue weighted by Crippen LogP contribution is -2.39. The molecule has 0 aliphatic heterocycles. The van der Waals surface area contributed by atoms with E-state index in [1.165, 1.54) is 12.1 Å². The van der Waals surface area contributed by atoms with E-state index in [0.29, 0.717) is 17.9 Å². The molecule has 0 aliphatic carbocycles. The fourth-order valence-corrected chi connectivity index (χ4v) is 3.18. The lowest BCUT2D eigenvalue weighted by molar-refractivity contribution is -0.128. The molecule has 0 radical (unpaired) electrons. The summed E-state index contributed by atoms with van der Waals surface area (Å²) >= 11 is 0. The van der Waals surface area contributed by atoms with Crippen molar-refractivity contribution in [3.8, 4) is 11.5 Å². The third-order valence-corrected chi connectivity index (χ3v) is 5.28. The molecule has 0 saturated carbocycles. The molecular formula is C20H25NO5S. The van der Waals surface area contributed by atoms with Crippen molar-refractivity contribution < 1.29 is 22.7 Å². The van der Waals surface area contributed by atoms with Gasteiger partial charge in [0.25, 0.3) is 5.91 Å². The Balaban J connectivity index is 2.04. The number of rotatable bonds is 8. The topological polar surface area (TPSA) is 81.7 Å². The summed E-state index contributed by atoms with van der Waals surface area (Å²) in [7, 11) is -1.67. The Morgan fingerprint density at radius 1 is 1.11 bits per heavy atom. The number of methoxy groups -OCH3 is 1. The van der Waals surface area contributed by atoms with Crippen LogP contribution in [0.25, 0.3) is 0 Å². The number of carbonyl (C=O) groups excluding carboxylic acids is 1. The zero-order valence-corrected chi connectivity index (χ0v) is 16.7. The van der Waals surface area contributed by atoms with Crippen LogP contribution in [0.2, 0.25) is 0 Å². The zero-order valence-electron chi connectivity index (χ0n) is 15.9. The highest BCUT2D eigenvalue weighted by atomic mass is 32.2. The summed E-state index contributed by atoms with van der Waals surface area (Å²) in [6.07, 6.45) is 1.02. The van der Waals surface area contributed by atoms with Crippen LogP contribution in [0.15, 0.2) is 53.4 Å². The fourth-order valence-electron chi connectivity index (χ4n) is 2.55. The van der Waals surface area contributed by atoms with Gasteiger partial charge in [-0.05, 0) is 43.2 Å². The quantitative estimate of drug-likeness (QED) is 0.748. The van der Waals surface area contributed by atoms with Crippen LogP contribution in [0, 0.1) is 0 Å². The van der Waals surface area contributed by atoms with Crippen LogP contribution in [0.4, 0.5) is 0 Å². The van der Waals surface area contributed by atoms with Gasteiger partial charge < -0.3 is 14.8 Å². The SMILES string of the molecule is CC[C@@H](Oc1cccc(OC)c1)C(=O)N[C@H](C)c1ccc(S(C)(=O)=O)cc1. The van der Waals surface area contributed by atoms with Crippen LogP contribution in [-0.4, -0.2) is 33.8 Å². The lowest BCUT2D eigenvalue weighted by atomic mass is 10.1. The maximum absolute atomic E-state index is 12.6. The van der Waals surface area contributed by atoms with Gasteiger partial charge in [-0.1, -0.05) is 25.1 Å². The molecule has 2 aromatic carbocycles. The van der Waals surface area contributed by atoms with E-state index in [1.807, 2.05) is 13.8 Å². The second-order valence-corrected chi connectivity index (χ2v) is 8.28. The zero-order chi connectivity index (χ0) is 20.0. The first-order valence-corrected chi connectivity index (χ1v) is 10.5. The van der Waals surface area contributed by atoms with E-state index >= 15 is 0 Å². The maximum atomic E-state index is 12.6. The normalized spacial score (nSPS) is 13.5. The average molecular weight is 391 g/mol. The van der Waals surface area contributed by atoms with Crippen molar-refractivity contribution >= 4 is 15.7 Å². The van der Waals surface area contributed by atoms with E-state index in [9.17, 15) is 13.2 Å². The number of ether oxygens (including phenoxy) is 2. The van der Waals surface area contributed by atoms with Gasteiger partial charge in [-0.3, -0.25) is 4.79 Å². The Labute approximate surface area is 160 Å². The molecule has 2 aromatic rings. The molecule has 0 aromatic heterocycles. The van der Waals surface area contributed by atoms with Crippen molar-refractivity contribution in [1.82, 2.24) is 5.32 Å². The van der Waals surface area contributed by atoms with Crippen molar-refractivity contribution in [2.45, 2.75) is 37.3 Å². The highest BCUT2D eigenvalue weighted by molar-refractivity contribution is 7.90. The van der Waals surface area contributed by atoms with Crippen LogP contribution in [0.5, 0.6) is 11.5 Å². The molecule has 7 heteroatoms. The first-order chi connectivity index (χ1) is 12.7. The Bertz CT molecular complexity index is 878. The summed E-state index contributed by atoms with van der Waals surface area (Å²) in [6.45, 7) is 3.71. The third-order valence-electron chi connectivity index (χ3n) is 4.15. The standard InChI is InChI=1S/C20H25NO5S/c1-5-19(26-17-8-6-7-16(13-17)25-3)20(22)21-14(2)15-9-11-18(12-10-15)27(4,23)24/h6-14,19H,5H2,1-4H3,(H,21,22)/t14-,19-/m1/s1. The minimum absolute atomic E-state index is 0.236. The van der Waals surface area contributed by atoms with Crippen LogP contribution < -0.4 is 14.8 Å². The van der Waals surface area contributed by atoms with Crippen LogP contribution >= 0.6 is 0 Å². The number of sulfone groups is 1. The molecule has 2 rings (SSSR count). The average Bonchev–Trinajstić information content (AvgIpc) is 2.65. The molecule has 27 heavy (non-hydrogen) atoms. The summed E-state index contributed by atoms with van der Waals surface area (Å²) in [6, 6.07) is 13.3. The number of hydrogen-bond donors (Lipinski definition) is 1.